The number of imidazole rings is 1. The van der Waals surface area contributed by atoms with E-state index < -0.39 is 0 Å². The van der Waals surface area contributed by atoms with Crippen molar-refractivity contribution in [1.82, 2.24) is 19.4 Å². The Kier molecular flexibility index (Phi) is 5.52. The van der Waals surface area contributed by atoms with Gasteiger partial charge < -0.3 is 13.9 Å². The summed E-state index contributed by atoms with van der Waals surface area (Å²) in [6.45, 7) is 3.59. The van der Waals surface area contributed by atoms with Crippen LogP contribution >= 0.6 is 0 Å². The molecule has 3 heterocycles. The lowest BCUT2D eigenvalue weighted by Gasteiger charge is -2.22. The molecule has 4 rings (SSSR count). The molecule has 0 aliphatic rings. The maximum atomic E-state index is 13.0. The van der Waals surface area contributed by atoms with Gasteiger partial charge in [0.2, 0.25) is 0 Å². The number of aromatic nitrogens is 3. The Labute approximate surface area is 169 Å². The van der Waals surface area contributed by atoms with Crippen molar-refractivity contribution >= 4 is 5.91 Å². The lowest BCUT2D eigenvalue weighted by atomic mass is 10.1. The second kappa shape index (κ2) is 8.56. The molecule has 29 heavy (non-hydrogen) atoms. The van der Waals surface area contributed by atoms with Crippen molar-refractivity contribution in [1.29, 1.82) is 0 Å². The van der Waals surface area contributed by atoms with Gasteiger partial charge >= 0.3 is 0 Å². The Morgan fingerprint density at radius 1 is 1.07 bits per heavy atom. The number of benzene rings is 1. The number of amides is 1. The van der Waals surface area contributed by atoms with Gasteiger partial charge in [0.15, 0.2) is 5.76 Å². The minimum atomic E-state index is -0.177. The number of furan rings is 1. The first-order chi connectivity index (χ1) is 14.2. The van der Waals surface area contributed by atoms with Gasteiger partial charge in [-0.15, -0.1) is 0 Å². The highest BCUT2D eigenvalue weighted by Crippen LogP contribution is 2.16. The molecule has 4 aromatic rings. The van der Waals surface area contributed by atoms with Crippen molar-refractivity contribution < 1.29 is 9.21 Å². The Morgan fingerprint density at radius 3 is 2.72 bits per heavy atom. The third kappa shape index (κ3) is 4.43. The molecule has 1 aromatic carbocycles. The van der Waals surface area contributed by atoms with Crippen LogP contribution in [0.4, 0.5) is 0 Å². The summed E-state index contributed by atoms with van der Waals surface area (Å²) in [4.78, 5) is 23.4. The molecule has 1 amide bonds. The predicted octanol–water partition coefficient (Wildman–Crippen LogP) is 4.07. The monoisotopic (exact) mass is 386 g/mol. The molecular formula is C23H22N4O2. The van der Waals surface area contributed by atoms with Crippen LogP contribution in [-0.4, -0.2) is 25.3 Å². The van der Waals surface area contributed by atoms with Crippen LogP contribution in [0.15, 0.2) is 84.0 Å². The fourth-order valence-corrected chi connectivity index (χ4v) is 3.25. The van der Waals surface area contributed by atoms with Crippen LogP contribution < -0.4 is 0 Å². The zero-order valence-corrected chi connectivity index (χ0v) is 16.2. The first-order valence-electron chi connectivity index (χ1n) is 9.47. The highest BCUT2D eigenvalue weighted by Gasteiger charge is 2.21. The zero-order valence-electron chi connectivity index (χ0n) is 16.2. The molecule has 0 N–H and O–H groups in total. The number of nitrogens with zero attached hydrogens (tertiary/aromatic N) is 4. The summed E-state index contributed by atoms with van der Waals surface area (Å²) in [7, 11) is 0. The summed E-state index contributed by atoms with van der Waals surface area (Å²) < 4.78 is 7.42. The highest BCUT2D eigenvalue weighted by molar-refractivity contribution is 5.91. The minimum Gasteiger partial charge on any atom is -0.459 e. The molecule has 0 saturated heterocycles. The molecule has 0 fully saturated rings. The topological polar surface area (TPSA) is 64.2 Å². The van der Waals surface area contributed by atoms with E-state index >= 15 is 0 Å². The van der Waals surface area contributed by atoms with E-state index in [9.17, 15) is 4.79 Å². The van der Waals surface area contributed by atoms with Gasteiger partial charge in [0, 0.05) is 37.9 Å². The van der Waals surface area contributed by atoms with E-state index in [-0.39, 0.29) is 5.91 Å². The van der Waals surface area contributed by atoms with Gasteiger partial charge in [-0.1, -0.05) is 30.3 Å². The molecule has 0 atom stereocenters. The highest BCUT2D eigenvalue weighted by atomic mass is 16.3. The average Bonchev–Trinajstić information content (AvgIpc) is 3.42. The molecule has 0 bridgehead atoms. The Bertz CT molecular complexity index is 1070. The fourth-order valence-electron chi connectivity index (χ4n) is 3.25. The third-order valence-corrected chi connectivity index (χ3v) is 4.85. The first kappa shape index (κ1) is 18.7. The van der Waals surface area contributed by atoms with Crippen molar-refractivity contribution in [3.8, 4) is 0 Å². The van der Waals surface area contributed by atoms with E-state index in [0.29, 0.717) is 25.4 Å². The first-order valence-corrected chi connectivity index (χ1v) is 9.47. The number of carbonyl (C=O) groups is 1. The van der Waals surface area contributed by atoms with E-state index in [1.807, 2.05) is 30.5 Å². The van der Waals surface area contributed by atoms with E-state index in [0.717, 1.165) is 11.4 Å². The number of hydrogen-bond acceptors (Lipinski definition) is 4. The Morgan fingerprint density at radius 2 is 1.97 bits per heavy atom. The summed E-state index contributed by atoms with van der Waals surface area (Å²) in [5, 5.41) is 0. The van der Waals surface area contributed by atoms with E-state index in [1.54, 1.807) is 35.6 Å². The van der Waals surface area contributed by atoms with E-state index in [4.69, 9.17) is 4.42 Å². The number of hydrogen-bond donors (Lipinski definition) is 0. The minimum absolute atomic E-state index is 0.177. The van der Waals surface area contributed by atoms with Crippen molar-refractivity contribution in [2.45, 2.75) is 26.6 Å². The molecule has 0 spiro atoms. The number of aryl methyl sites for hydroxylation is 1. The lowest BCUT2D eigenvalue weighted by Crippen LogP contribution is -2.31. The number of rotatable bonds is 7. The fraction of sp³-hybridized carbons (Fsp3) is 0.174. The second-order valence-corrected chi connectivity index (χ2v) is 6.90. The quantitative estimate of drug-likeness (QED) is 0.480. The van der Waals surface area contributed by atoms with Crippen molar-refractivity contribution in [2.24, 2.45) is 0 Å². The maximum Gasteiger partial charge on any atom is 0.290 e. The SMILES string of the molecule is Cc1ccccc1Cn1ccnc1CN(Cc1cccnc1)C(=O)c1ccco1. The molecule has 0 radical (unpaired) electrons. The van der Waals surface area contributed by atoms with Gasteiger partial charge in [0.1, 0.15) is 5.82 Å². The van der Waals surface area contributed by atoms with Gasteiger partial charge in [-0.05, 0) is 41.8 Å². The van der Waals surface area contributed by atoms with Crippen molar-refractivity contribution in [3.63, 3.8) is 0 Å². The smallest absolute Gasteiger partial charge is 0.290 e. The molecule has 3 aromatic heterocycles. The van der Waals surface area contributed by atoms with Crippen LogP contribution in [0.25, 0.3) is 0 Å². The zero-order chi connectivity index (χ0) is 20.1. The summed E-state index contributed by atoms with van der Waals surface area (Å²) in [6, 6.07) is 15.5. The summed E-state index contributed by atoms with van der Waals surface area (Å²) in [6.07, 6.45) is 8.71. The molecule has 0 aliphatic heterocycles. The largest absolute Gasteiger partial charge is 0.459 e. The standard InChI is InChI=1S/C23H22N4O2/c1-18-6-2-3-8-20(18)16-26-12-11-25-22(26)17-27(15-19-7-4-10-24-14-19)23(28)21-9-5-13-29-21/h2-14H,15-17H2,1H3. The van der Waals surface area contributed by atoms with Gasteiger partial charge in [0.25, 0.3) is 5.91 Å². The number of pyridine rings is 1. The van der Waals surface area contributed by atoms with E-state index in [2.05, 4.69) is 33.6 Å². The molecule has 146 valence electrons. The molecule has 6 nitrogen and oxygen atoms in total. The third-order valence-electron chi connectivity index (χ3n) is 4.85. The van der Waals surface area contributed by atoms with Gasteiger partial charge in [-0.3, -0.25) is 9.78 Å². The van der Waals surface area contributed by atoms with Gasteiger partial charge in [-0.2, -0.15) is 0 Å². The molecule has 0 unspecified atom stereocenters. The summed E-state index contributed by atoms with van der Waals surface area (Å²) >= 11 is 0. The Hall–Kier alpha value is -3.67. The van der Waals surface area contributed by atoms with Gasteiger partial charge in [0.05, 0.1) is 12.8 Å². The molecule has 6 heteroatoms. The molecule has 0 aliphatic carbocycles. The van der Waals surface area contributed by atoms with E-state index in [1.165, 1.54) is 17.4 Å². The predicted molar refractivity (Wildman–Crippen MR) is 109 cm³/mol. The van der Waals surface area contributed by atoms with Crippen LogP contribution in [0, 0.1) is 6.92 Å². The van der Waals surface area contributed by atoms with Gasteiger partial charge in [-0.25, -0.2) is 4.98 Å². The van der Waals surface area contributed by atoms with Crippen LogP contribution in [0.3, 0.4) is 0 Å². The average molecular weight is 386 g/mol. The number of carbonyl (C=O) groups excluding carboxylic acids is 1. The van der Waals surface area contributed by atoms with Crippen molar-refractivity contribution in [3.05, 3.63) is 108 Å². The van der Waals surface area contributed by atoms with Crippen LogP contribution in [0.5, 0.6) is 0 Å². The van der Waals surface area contributed by atoms with Crippen LogP contribution in [-0.2, 0) is 19.6 Å². The second-order valence-electron chi connectivity index (χ2n) is 6.90. The van der Waals surface area contributed by atoms with Crippen LogP contribution in [0.1, 0.15) is 33.1 Å². The lowest BCUT2D eigenvalue weighted by molar-refractivity contribution is 0.0691. The summed E-state index contributed by atoms with van der Waals surface area (Å²) in [5.41, 5.74) is 3.40. The summed E-state index contributed by atoms with van der Waals surface area (Å²) in [5.74, 6) is 0.951. The van der Waals surface area contributed by atoms with Crippen molar-refractivity contribution in [2.75, 3.05) is 0 Å². The maximum absolute atomic E-state index is 13.0. The van der Waals surface area contributed by atoms with Crippen LogP contribution in [0.2, 0.25) is 0 Å². The normalized spacial score (nSPS) is 10.8. The molecule has 0 saturated carbocycles. The Balaban J connectivity index is 1.59. The molecular weight excluding hydrogens is 364 g/mol.